The van der Waals surface area contributed by atoms with Gasteiger partial charge >= 0.3 is 12.0 Å². The highest BCUT2D eigenvalue weighted by molar-refractivity contribution is 5.95. The van der Waals surface area contributed by atoms with Crippen molar-refractivity contribution in [2.75, 3.05) is 13.2 Å². The molecule has 4 aliphatic carbocycles. The number of rotatable bonds is 7. The highest BCUT2D eigenvalue weighted by Crippen LogP contribution is 2.55. The predicted molar refractivity (Wildman–Crippen MR) is 110 cm³/mol. The summed E-state index contributed by atoms with van der Waals surface area (Å²) < 4.78 is 10.4. The molecule has 0 atom stereocenters. The number of aryl methyl sites for hydroxylation is 1. The molecule has 162 valence electrons. The third-order valence-corrected chi connectivity index (χ3v) is 6.60. The molecule has 0 aliphatic heterocycles. The van der Waals surface area contributed by atoms with Crippen molar-refractivity contribution >= 4 is 17.9 Å². The zero-order valence-electron chi connectivity index (χ0n) is 17.4. The Morgan fingerprint density at radius 2 is 1.73 bits per heavy atom. The lowest BCUT2D eigenvalue weighted by Gasteiger charge is -2.56. The summed E-state index contributed by atoms with van der Waals surface area (Å²) in [6.07, 6.45) is 6.91. The van der Waals surface area contributed by atoms with Crippen LogP contribution in [0.3, 0.4) is 0 Å². The molecule has 7 heteroatoms. The van der Waals surface area contributed by atoms with Gasteiger partial charge in [-0.3, -0.25) is 14.9 Å². The summed E-state index contributed by atoms with van der Waals surface area (Å²) in [6.45, 7) is 1.65. The molecule has 4 fully saturated rings. The van der Waals surface area contributed by atoms with E-state index >= 15 is 0 Å². The predicted octanol–water partition coefficient (Wildman–Crippen LogP) is 3.10. The van der Waals surface area contributed by atoms with Gasteiger partial charge in [0.05, 0.1) is 13.0 Å². The first-order valence-electron chi connectivity index (χ1n) is 10.9. The third kappa shape index (κ3) is 5.12. The van der Waals surface area contributed by atoms with Crippen LogP contribution in [0.2, 0.25) is 0 Å². The number of benzene rings is 1. The quantitative estimate of drug-likeness (QED) is 0.669. The highest BCUT2D eigenvalue weighted by atomic mass is 16.5. The van der Waals surface area contributed by atoms with Gasteiger partial charge in [-0.1, -0.05) is 12.1 Å². The first kappa shape index (κ1) is 20.7. The smallest absolute Gasteiger partial charge is 0.321 e. The third-order valence-electron chi connectivity index (χ3n) is 6.60. The summed E-state index contributed by atoms with van der Waals surface area (Å²) >= 11 is 0. The number of nitrogens with one attached hydrogen (secondary N) is 2. The van der Waals surface area contributed by atoms with Crippen molar-refractivity contribution in [2.24, 2.45) is 17.8 Å². The fraction of sp³-hybridized carbons (Fsp3) is 0.609. The van der Waals surface area contributed by atoms with Gasteiger partial charge in [0.15, 0.2) is 6.61 Å². The summed E-state index contributed by atoms with van der Waals surface area (Å²) in [5.74, 6) is 1.63. The van der Waals surface area contributed by atoms with Gasteiger partial charge in [0.25, 0.3) is 5.91 Å². The maximum absolute atomic E-state index is 12.3. The van der Waals surface area contributed by atoms with Gasteiger partial charge < -0.3 is 14.8 Å². The topological polar surface area (TPSA) is 93.7 Å². The lowest BCUT2D eigenvalue weighted by Crippen LogP contribution is -2.62. The largest absolute Gasteiger partial charge is 0.493 e. The van der Waals surface area contributed by atoms with Gasteiger partial charge in [-0.2, -0.15) is 0 Å². The lowest BCUT2D eigenvalue weighted by molar-refractivity contribution is -0.148. The zero-order valence-corrected chi connectivity index (χ0v) is 17.4. The maximum atomic E-state index is 12.3. The van der Waals surface area contributed by atoms with Crippen LogP contribution in [0.5, 0.6) is 5.75 Å². The SMILES string of the molecule is Cc1cccc(OCCC(=O)OCC(=O)NC(=O)NC23CC4CC(CC(C4)C2)C3)c1. The van der Waals surface area contributed by atoms with Crippen molar-refractivity contribution in [3.63, 3.8) is 0 Å². The van der Waals surface area contributed by atoms with Gasteiger partial charge in [0.2, 0.25) is 0 Å². The standard InChI is InChI=1S/C23H30N2O5/c1-15-3-2-4-19(7-15)29-6-5-21(27)30-14-20(26)24-22(28)25-23-11-16-8-17(12-23)10-18(9-16)13-23/h2-4,7,16-18H,5-6,8-14H2,1H3,(H2,24,25,26,28). The Labute approximate surface area is 176 Å². The van der Waals surface area contributed by atoms with Crippen LogP contribution in [-0.4, -0.2) is 36.7 Å². The molecule has 4 bridgehead atoms. The molecule has 0 saturated heterocycles. The average Bonchev–Trinajstić information content (AvgIpc) is 2.65. The molecule has 4 saturated carbocycles. The van der Waals surface area contributed by atoms with Crippen LogP contribution in [-0.2, 0) is 14.3 Å². The van der Waals surface area contributed by atoms with Crippen LogP contribution in [0, 0.1) is 24.7 Å². The molecule has 30 heavy (non-hydrogen) atoms. The van der Waals surface area contributed by atoms with E-state index < -0.39 is 24.5 Å². The molecule has 4 aliphatic rings. The number of hydrogen-bond donors (Lipinski definition) is 2. The van der Waals surface area contributed by atoms with Crippen molar-refractivity contribution in [1.29, 1.82) is 0 Å². The minimum Gasteiger partial charge on any atom is -0.493 e. The monoisotopic (exact) mass is 414 g/mol. The Morgan fingerprint density at radius 3 is 2.37 bits per heavy atom. The van der Waals surface area contributed by atoms with E-state index in [1.807, 2.05) is 31.2 Å². The van der Waals surface area contributed by atoms with E-state index in [1.165, 1.54) is 19.3 Å². The highest BCUT2D eigenvalue weighted by Gasteiger charge is 2.51. The van der Waals surface area contributed by atoms with Crippen molar-refractivity contribution in [3.05, 3.63) is 29.8 Å². The first-order valence-corrected chi connectivity index (χ1v) is 10.9. The van der Waals surface area contributed by atoms with Crippen molar-refractivity contribution in [3.8, 4) is 5.75 Å². The van der Waals surface area contributed by atoms with Crippen LogP contribution < -0.4 is 15.4 Å². The fourth-order valence-corrected chi connectivity index (χ4v) is 5.87. The van der Waals surface area contributed by atoms with Gasteiger partial charge in [-0.15, -0.1) is 0 Å². The molecule has 2 N–H and O–H groups in total. The molecule has 1 aromatic carbocycles. The van der Waals surface area contributed by atoms with Gasteiger partial charge in [-0.05, 0) is 80.9 Å². The second kappa shape index (κ2) is 8.66. The summed E-state index contributed by atoms with van der Waals surface area (Å²) in [5, 5.41) is 5.37. The number of esters is 1. The number of carbonyl (C=O) groups is 3. The molecule has 0 radical (unpaired) electrons. The van der Waals surface area contributed by atoms with Crippen LogP contribution in [0.25, 0.3) is 0 Å². The van der Waals surface area contributed by atoms with E-state index in [2.05, 4.69) is 10.6 Å². The van der Waals surface area contributed by atoms with Crippen LogP contribution >= 0.6 is 0 Å². The Balaban J connectivity index is 1.14. The minimum atomic E-state index is -0.620. The minimum absolute atomic E-state index is 0.0285. The van der Waals surface area contributed by atoms with E-state index in [0.29, 0.717) is 23.5 Å². The molecular weight excluding hydrogens is 384 g/mol. The van der Waals surface area contributed by atoms with Crippen molar-refractivity contribution in [1.82, 2.24) is 10.6 Å². The van der Waals surface area contributed by atoms with Gasteiger partial charge in [0, 0.05) is 5.54 Å². The molecule has 0 spiro atoms. The van der Waals surface area contributed by atoms with E-state index in [9.17, 15) is 14.4 Å². The Bertz CT molecular complexity index is 786. The Kier molecular flexibility index (Phi) is 5.97. The van der Waals surface area contributed by atoms with Crippen LogP contribution in [0.15, 0.2) is 24.3 Å². The molecule has 7 nitrogen and oxygen atoms in total. The molecular formula is C23H30N2O5. The summed E-state index contributed by atoms with van der Waals surface area (Å²) in [7, 11) is 0. The number of urea groups is 1. The Hall–Kier alpha value is -2.57. The molecule has 3 amide bonds. The van der Waals surface area contributed by atoms with Gasteiger partial charge in [0.1, 0.15) is 5.75 Å². The summed E-state index contributed by atoms with van der Waals surface area (Å²) in [6, 6.07) is 7.04. The molecule has 0 aromatic heterocycles. The second-order valence-electron chi connectivity index (χ2n) is 9.28. The number of imide groups is 1. The average molecular weight is 415 g/mol. The number of amides is 3. The molecule has 0 unspecified atom stereocenters. The van der Waals surface area contributed by atoms with E-state index in [0.717, 1.165) is 24.8 Å². The number of hydrogen-bond acceptors (Lipinski definition) is 5. The summed E-state index contributed by atoms with van der Waals surface area (Å²) in [5.41, 5.74) is 0.904. The van der Waals surface area contributed by atoms with Crippen molar-refractivity contribution < 1.29 is 23.9 Å². The van der Waals surface area contributed by atoms with E-state index in [4.69, 9.17) is 9.47 Å². The Morgan fingerprint density at radius 1 is 1.07 bits per heavy atom. The molecule has 0 heterocycles. The van der Waals surface area contributed by atoms with Crippen LogP contribution in [0.4, 0.5) is 4.79 Å². The normalized spacial score (nSPS) is 28.6. The number of carbonyl (C=O) groups excluding carboxylic acids is 3. The van der Waals surface area contributed by atoms with Crippen LogP contribution in [0.1, 0.15) is 50.5 Å². The maximum Gasteiger partial charge on any atom is 0.321 e. The molecule has 5 rings (SSSR count). The van der Waals surface area contributed by atoms with E-state index in [-0.39, 0.29) is 18.6 Å². The lowest BCUT2D eigenvalue weighted by atomic mass is 9.53. The van der Waals surface area contributed by atoms with Gasteiger partial charge in [-0.25, -0.2) is 4.79 Å². The van der Waals surface area contributed by atoms with Crippen molar-refractivity contribution in [2.45, 2.75) is 57.4 Å². The fourth-order valence-electron chi connectivity index (χ4n) is 5.87. The van der Waals surface area contributed by atoms with E-state index in [1.54, 1.807) is 0 Å². The molecule has 1 aromatic rings. The summed E-state index contributed by atoms with van der Waals surface area (Å²) in [4.78, 5) is 36.1. The zero-order chi connectivity index (χ0) is 21.1. The number of ether oxygens (including phenoxy) is 2. The first-order chi connectivity index (χ1) is 14.4. The second-order valence-corrected chi connectivity index (χ2v) is 9.28.